The lowest BCUT2D eigenvalue weighted by molar-refractivity contribution is -0.742. The molecule has 4 rings (SSSR count). The van der Waals surface area contributed by atoms with Gasteiger partial charge in [0.15, 0.2) is 5.11 Å². The van der Waals surface area contributed by atoms with E-state index >= 15 is 0 Å². The van der Waals surface area contributed by atoms with E-state index in [0.29, 0.717) is 42.4 Å². The molecule has 13 nitrogen and oxygen atoms in total. The summed E-state index contributed by atoms with van der Waals surface area (Å²) in [4.78, 5) is 40.4. The van der Waals surface area contributed by atoms with Crippen molar-refractivity contribution in [3.05, 3.63) is 88.5 Å². The van der Waals surface area contributed by atoms with Crippen molar-refractivity contribution in [1.82, 2.24) is 25.8 Å². The first-order chi connectivity index (χ1) is 21.2. The summed E-state index contributed by atoms with van der Waals surface area (Å²) in [7, 11) is 3.76. The molecule has 0 aliphatic rings. The van der Waals surface area contributed by atoms with Gasteiger partial charge >= 0.3 is 6.03 Å². The largest absolute Gasteiger partial charge is 0.382 e. The number of carbonyl (C=O) groups excluding carboxylic acids is 2. The lowest BCUT2D eigenvalue weighted by atomic mass is 10.0. The summed E-state index contributed by atoms with van der Waals surface area (Å²) >= 11 is 5.31. The molecule has 0 radical (unpaired) electrons. The van der Waals surface area contributed by atoms with Crippen LogP contribution in [0.4, 0.5) is 16.2 Å². The predicted molar refractivity (Wildman–Crippen MR) is 176 cm³/mol. The molecule has 3 aromatic carbocycles. The minimum Gasteiger partial charge on any atom is -0.382 e. The highest BCUT2D eigenvalue weighted by atomic mass is 32.1. The van der Waals surface area contributed by atoms with Gasteiger partial charge in [-0.1, -0.05) is 48.5 Å². The maximum atomic E-state index is 13.2. The summed E-state index contributed by atoms with van der Waals surface area (Å²) in [5, 5.41) is 31.4. The average molecular weight is 621 g/mol. The van der Waals surface area contributed by atoms with Gasteiger partial charge in [-0.25, -0.2) is 9.78 Å². The summed E-state index contributed by atoms with van der Waals surface area (Å²) in [6, 6.07) is 22.6. The summed E-state index contributed by atoms with van der Waals surface area (Å²) in [6.07, 6.45) is 1.47. The van der Waals surface area contributed by atoms with Crippen molar-refractivity contribution in [1.29, 1.82) is 0 Å². The number of unbranched alkanes of at least 4 members (excludes halogenated alkanes) is 1. The maximum absolute atomic E-state index is 13.2. The van der Waals surface area contributed by atoms with Crippen LogP contribution in [0.15, 0.2) is 72.8 Å². The van der Waals surface area contributed by atoms with Crippen LogP contribution in [0.25, 0.3) is 21.8 Å². The SMILES string of the molecule is CNC(=S)N(C)CCNc1c2ccccc2nc2c(C(=O)NCCCCNC(=O)Nc3ccccc3)cccc12.O=[N+]([O-])O. The molecule has 232 valence electrons. The Morgan fingerprint density at radius 3 is 2.27 bits per heavy atom. The van der Waals surface area contributed by atoms with Gasteiger partial charge in [0, 0.05) is 56.7 Å². The molecule has 0 aliphatic heterocycles. The zero-order valence-electron chi connectivity index (χ0n) is 24.5. The normalized spacial score (nSPS) is 10.2. The van der Waals surface area contributed by atoms with Gasteiger partial charge in [-0.05, 0) is 49.3 Å². The molecule has 14 heteroatoms. The molecule has 0 spiro atoms. The van der Waals surface area contributed by atoms with Crippen LogP contribution >= 0.6 is 12.2 Å². The molecule has 4 aromatic rings. The number of nitrogens with one attached hydrogen (secondary N) is 5. The molecule has 1 heterocycles. The zero-order chi connectivity index (χ0) is 31.9. The third-order valence-corrected chi connectivity index (χ3v) is 6.99. The standard InChI is InChI=1S/C30H35N7O2S.HNO3/c1-31-30(40)37(2)20-19-32-26-22-13-6-7-16-25(22)36-27-23(26)14-10-15-24(27)28(38)33-17-8-9-18-34-29(39)35-21-11-4-3-5-12-21;2-1(3)4/h3-7,10-16H,8-9,17-20H2,1-2H3,(H,31,40)(H,32,36)(H,33,38)(H2,34,35,39);(H,2,3,4). The van der Waals surface area contributed by atoms with E-state index in [9.17, 15) is 9.59 Å². The molecule has 0 saturated carbocycles. The zero-order valence-corrected chi connectivity index (χ0v) is 25.3. The lowest BCUT2D eigenvalue weighted by Gasteiger charge is -2.21. The number of nitrogens with zero attached hydrogens (tertiary/aromatic N) is 3. The van der Waals surface area contributed by atoms with Crippen molar-refractivity contribution in [2.75, 3.05) is 50.9 Å². The third kappa shape index (κ3) is 9.94. The second-order valence-electron chi connectivity index (χ2n) is 9.56. The van der Waals surface area contributed by atoms with E-state index in [2.05, 4.69) is 26.6 Å². The van der Waals surface area contributed by atoms with Gasteiger partial charge in [0.25, 0.3) is 11.0 Å². The van der Waals surface area contributed by atoms with Gasteiger partial charge in [-0.2, -0.15) is 0 Å². The minimum absolute atomic E-state index is 0.173. The number of likely N-dealkylation sites (N-methyl/N-ethyl adjacent to an activating group) is 1. The number of hydrogen-bond donors (Lipinski definition) is 6. The van der Waals surface area contributed by atoms with E-state index in [-0.39, 0.29) is 11.9 Å². The van der Waals surface area contributed by atoms with Crippen molar-refractivity contribution in [2.45, 2.75) is 12.8 Å². The summed E-state index contributed by atoms with van der Waals surface area (Å²) in [5.74, 6) is -0.173. The smallest absolute Gasteiger partial charge is 0.319 e. The Hall–Kier alpha value is -5.24. The highest BCUT2D eigenvalue weighted by Crippen LogP contribution is 2.32. The molecule has 0 bridgehead atoms. The Bertz CT molecular complexity index is 1580. The predicted octanol–water partition coefficient (Wildman–Crippen LogP) is 4.22. The van der Waals surface area contributed by atoms with Gasteiger partial charge < -0.3 is 36.7 Å². The van der Waals surface area contributed by atoms with E-state index in [0.717, 1.165) is 40.5 Å². The highest BCUT2D eigenvalue weighted by molar-refractivity contribution is 7.80. The molecule has 0 atom stereocenters. The van der Waals surface area contributed by atoms with Crippen molar-refractivity contribution < 1.29 is 19.9 Å². The molecule has 0 aliphatic carbocycles. The highest BCUT2D eigenvalue weighted by Gasteiger charge is 2.16. The van der Waals surface area contributed by atoms with E-state index in [1.807, 2.05) is 85.7 Å². The van der Waals surface area contributed by atoms with Gasteiger partial charge in [0.05, 0.1) is 22.3 Å². The summed E-state index contributed by atoms with van der Waals surface area (Å²) < 4.78 is 0. The monoisotopic (exact) mass is 620 g/mol. The number of amides is 3. The number of rotatable bonds is 11. The molecule has 3 amide bonds. The van der Waals surface area contributed by atoms with Crippen molar-refractivity contribution in [3.8, 4) is 0 Å². The second kappa shape index (κ2) is 17.0. The van der Waals surface area contributed by atoms with E-state index in [1.165, 1.54) is 0 Å². The number of hydrogen-bond acceptors (Lipinski definition) is 7. The fourth-order valence-electron chi connectivity index (χ4n) is 4.37. The van der Waals surface area contributed by atoms with Crippen LogP contribution in [0.3, 0.4) is 0 Å². The Labute approximate surface area is 260 Å². The molecule has 44 heavy (non-hydrogen) atoms. The topological polar surface area (TPSA) is 174 Å². The quantitative estimate of drug-likeness (QED) is 0.0468. The lowest BCUT2D eigenvalue weighted by Crippen LogP contribution is -2.37. The number of aromatic nitrogens is 1. The molecular weight excluding hydrogens is 584 g/mol. The molecule has 6 N–H and O–H groups in total. The Morgan fingerprint density at radius 1 is 0.932 bits per heavy atom. The van der Waals surface area contributed by atoms with Crippen molar-refractivity contribution >= 4 is 62.4 Å². The molecular formula is C30H36N8O5S. The number of urea groups is 1. The molecule has 1 aromatic heterocycles. The van der Waals surface area contributed by atoms with E-state index < -0.39 is 5.09 Å². The number of benzene rings is 3. The summed E-state index contributed by atoms with van der Waals surface area (Å²) in [5.41, 5.74) is 3.68. The van der Waals surface area contributed by atoms with Crippen LogP contribution in [-0.4, -0.2) is 77.5 Å². The average Bonchev–Trinajstić information content (AvgIpc) is 3.01. The summed E-state index contributed by atoms with van der Waals surface area (Å²) in [6.45, 7) is 2.38. The third-order valence-electron chi connectivity index (χ3n) is 6.47. The number of anilines is 2. The van der Waals surface area contributed by atoms with Crippen LogP contribution in [0.1, 0.15) is 23.2 Å². The number of para-hydroxylation sites is 3. The minimum atomic E-state index is -1.50. The van der Waals surface area contributed by atoms with Gasteiger partial charge in [-0.3, -0.25) is 4.79 Å². The number of carbonyl (C=O) groups is 2. The molecule has 0 unspecified atom stereocenters. The number of thiocarbonyl (C=S) groups is 1. The van der Waals surface area contributed by atoms with E-state index in [4.69, 9.17) is 32.5 Å². The first kappa shape index (κ1) is 33.3. The van der Waals surface area contributed by atoms with Crippen LogP contribution < -0.4 is 26.6 Å². The van der Waals surface area contributed by atoms with Crippen LogP contribution in [0.5, 0.6) is 0 Å². The second-order valence-corrected chi connectivity index (χ2v) is 9.94. The maximum Gasteiger partial charge on any atom is 0.319 e. The fraction of sp³-hybridized carbons (Fsp3) is 0.267. The van der Waals surface area contributed by atoms with E-state index in [1.54, 1.807) is 6.07 Å². The van der Waals surface area contributed by atoms with Gasteiger partial charge in [-0.15, -0.1) is 10.1 Å². The first-order valence-electron chi connectivity index (χ1n) is 13.9. The Kier molecular flexibility index (Phi) is 12.9. The Morgan fingerprint density at radius 2 is 1.57 bits per heavy atom. The van der Waals surface area contributed by atoms with Crippen LogP contribution in [0, 0.1) is 10.1 Å². The molecule has 0 fully saturated rings. The van der Waals surface area contributed by atoms with Crippen LogP contribution in [-0.2, 0) is 0 Å². The number of pyridine rings is 1. The van der Waals surface area contributed by atoms with Crippen molar-refractivity contribution in [2.24, 2.45) is 0 Å². The Balaban J connectivity index is 0.00000124. The fourth-order valence-corrected chi connectivity index (χ4v) is 4.47. The van der Waals surface area contributed by atoms with Gasteiger partial charge in [0.1, 0.15) is 0 Å². The van der Waals surface area contributed by atoms with Gasteiger partial charge in [0.2, 0.25) is 0 Å². The van der Waals surface area contributed by atoms with Crippen molar-refractivity contribution in [3.63, 3.8) is 0 Å². The molecule has 0 saturated heterocycles. The van der Waals surface area contributed by atoms with Crippen LogP contribution in [0.2, 0.25) is 0 Å². The first-order valence-corrected chi connectivity index (χ1v) is 14.3. The number of fused-ring (bicyclic) bond motifs is 2.